The number of aromatic nitrogens is 2. The van der Waals surface area contributed by atoms with Gasteiger partial charge in [-0.2, -0.15) is 0 Å². The fourth-order valence-corrected chi connectivity index (χ4v) is 1.86. The number of hydrogen-bond donors (Lipinski definition) is 1. The number of methoxy groups -OCH3 is 1. The smallest absolute Gasteiger partial charge is 0.137 e. The number of halogens is 1. The van der Waals surface area contributed by atoms with Gasteiger partial charge in [0.25, 0.3) is 0 Å². The molecule has 1 N–H and O–H groups in total. The second-order valence-electron chi connectivity index (χ2n) is 3.78. The summed E-state index contributed by atoms with van der Waals surface area (Å²) < 4.78 is 5.17. The molecule has 2 rings (SSSR count). The van der Waals surface area contributed by atoms with Crippen molar-refractivity contribution >= 4 is 11.6 Å². The number of nitrogens with one attached hydrogen (secondary N) is 1. The van der Waals surface area contributed by atoms with E-state index in [1.807, 2.05) is 25.2 Å². The van der Waals surface area contributed by atoms with Crippen molar-refractivity contribution in [3.63, 3.8) is 0 Å². The lowest BCUT2D eigenvalue weighted by Crippen LogP contribution is -2.19. The Labute approximate surface area is 111 Å². The summed E-state index contributed by atoms with van der Waals surface area (Å²) in [4.78, 5) is 8.47. The molecule has 94 valence electrons. The lowest BCUT2D eigenvalue weighted by Gasteiger charge is -2.16. The third-order valence-corrected chi connectivity index (χ3v) is 2.86. The predicted octanol–water partition coefficient (Wildman–Crippen LogP) is 2.45. The fourth-order valence-electron chi connectivity index (χ4n) is 1.75. The number of hydrogen-bond acceptors (Lipinski definition) is 4. The third-order valence-electron chi connectivity index (χ3n) is 2.64. The van der Waals surface area contributed by atoms with Crippen molar-refractivity contribution in [2.75, 3.05) is 14.2 Å². The Morgan fingerprint density at radius 1 is 1.28 bits per heavy atom. The van der Waals surface area contributed by atoms with Crippen LogP contribution in [-0.2, 0) is 0 Å². The molecule has 0 saturated heterocycles. The van der Waals surface area contributed by atoms with Gasteiger partial charge in [0.1, 0.15) is 5.75 Å². The molecular formula is C13H14ClN3O. The molecule has 0 aromatic carbocycles. The molecule has 4 nitrogen and oxygen atoms in total. The van der Waals surface area contributed by atoms with Crippen LogP contribution in [0.2, 0.25) is 5.02 Å². The van der Waals surface area contributed by atoms with Crippen molar-refractivity contribution in [1.82, 2.24) is 15.3 Å². The first-order chi connectivity index (χ1) is 8.74. The van der Waals surface area contributed by atoms with Crippen LogP contribution in [0, 0.1) is 0 Å². The van der Waals surface area contributed by atoms with Crippen LogP contribution in [-0.4, -0.2) is 24.1 Å². The highest BCUT2D eigenvalue weighted by atomic mass is 35.5. The van der Waals surface area contributed by atoms with Crippen LogP contribution in [0.15, 0.2) is 36.8 Å². The van der Waals surface area contributed by atoms with Crippen molar-refractivity contribution in [3.8, 4) is 5.75 Å². The van der Waals surface area contributed by atoms with E-state index in [0.717, 1.165) is 17.0 Å². The molecule has 0 spiro atoms. The lowest BCUT2D eigenvalue weighted by molar-refractivity contribution is 0.411. The van der Waals surface area contributed by atoms with Gasteiger partial charge in [0, 0.05) is 12.4 Å². The Morgan fingerprint density at radius 2 is 2.11 bits per heavy atom. The van der Waals surface area contributed by atoms with Crippen LogP contribution < -0.4 is 10.1 Å². The van der Waals surface area contributed by atoms with E-state index in [1.54, 1.807) is 25.7 Å². The van der Waals surface area contributed by atoms with Crippen LogP contribution >= 0.6 is 11.6 Å². The minimum absolute atomic E-state index is 0.0372. The number of ether oxygens (including phenoxy) is 1. The molecule has 1 unspecified atom stereocenters. The summed E-state index contributed by atoms with van der Waals surface area (Å²) in [5.74, 6) is 0.724. The zero-order valence-electron chi connectivity index (χ0n) is 10.2. The summed E-state index contributed by atoms with van der Waals surface area (Å²) in [6.45, 7) is 0. The van der Waals surface area contributed by atoms with Gasteiger partial charge in [-0.25, -0.2) is 0 Å². The third kappa shape index (κ3) is 2.78. The van der Waals surface area contributed by atoms with Gasteiger partial charge in [-0.05, 0) is 30.8 Å². The number of nitrogens with zero attached hydrogens (tertiary/aromatic N) is 2. The van der Waals surface area contributed by atoms with E-state index in [-0.39, 0.29) is 6.04 Å². The van der Waals surface area contributed by atoms with E-state index < -0.39 is 0 Å². The first-order valence-electron chi connectivity index (χ1n) is 5.52. The maximum absolute atomic E-state index is 5.84. The molecule has 1 atom stereocenters. The van der Waals surface area contributed by atoms with Gasteiger partial charge in [-0.3, -0.25) is 9.97 Å². The van der Waals surface area contributed by atoms with E-state index in [0.29, 0.717) is 5.02 Å². The fraction of sp³-hybridized carbons (Fsp3) is 0.231. The number of pyridine rings is 2. The molecule has 2 aromatic heterocycles. The van der Waals surface area contributed by atoms with Gasteiger partial charge in [0.05, 0.1) is 30.1 Å². The SMILES string of the molecule is CNC(c1cncc(OC)c1)c1ccc(Cl)cn1. The summed E-state index contributed by atoms with van der Waals surface area (Å²) in [5, 5.41) is 3.83. The predicted molar refractivity (Wildman–Crippen MR) is 70.9 cm³/mol. The Kier molecular flexibility index (Phi) is 4.12. The zero-order valence-corrected chi connectivity index (χ0v) is 11.0. The Hall–Kier alpha value is -1.65. The highest BCUT2D eigenvalue weighted by molar-refractivity contribution is 6.30. The molecular weight excluding hydrogens is 250 g/mol. The quantitative estimate of drug-likeness (QED) is 0.920. The Morgan fingerprint density at radius 3 is 2.72 bits per heavy atom. The standard InChI is InChI=1S/C13H14ClN3O/c1-15-13(12-4-3-10(14)7-17-12)9-5-11(18-2)8-16-6-9/h3-8,13,15H,1-2H3. The normalized spacial score (nSPS) is 12.2. The molecule has 2 aromatic rings. The van der Waals surface area contributed by atoms with E-state index >= 15 is 0 Å². The molecule has 0 aliphatic rings. The molecule has 5 heteroatoms. The van der Waals surface area contributed by atoms with E-state index in [9.17, 15) is 0 Å². The zero-order chi connectivity index (χ0) is 13.0. The largest absolute Gasteiger partial charge is 0.495 e. The monoisotopic (exact) mass is 263 g/mol. The van der Waals surface area contributed by atoms with Gasteiger partial charge in [0.15, 0.2) is 0 Å². The van der Waals surface area contributed by atoms with Crippen molar-refractivity contribution in [3.05, 3.63) is 53.1 Å². The molecule has 0 aliphatic heterocycles. The van der Waals surface area contributed by atoms with E-state index in [2.05, 4.69) is 15.3 Å². The second-order valence-corrected chi connectivity index (χ2v) is 4.22. The van der Waals surface area contributed by atoms with Gasteiger partial charge < -0.3 is 10.1 Å². The van der Waals surface area contributed by atoms with Gasteiger partial charge in [-0.15, -0.1) is 0 Å². The minimum atomic E-state index is -0.0372. The van der Waals surface area contributed by atoms with E-state index in [4.69, 9.17) is 16.3 Å². The summed E-state index contributed by atoms with van der Waals surface area (Å²) >= 11 is 5.84. The van der Waals surface area contributed by atoms with Crippen LogP contribution in [0.5, 0.6) is 5.75 Å². The second kappa shape index (κ2) is 5.80. The maximum Gasteiger partial charge on any atom is 0.137 e. The van der Waals surface area contributed by atoms with Gasteiger partial charge in [0.2, 0.25) is 0 Å². The lowest BCUT2D eigenvalue weighted by atomic mass is 10.1. The molecule has 2 heterocycles. The molecule has 18 heavy (non-hydrogen) atoms. The van der Waals surface area contributed by atoms with Crippen molar-refractivity contribution in [2.24, 2.45) is 0 Å². The first-order valence-corrected chi connectivity index (χ1v) is 5.90. The Balaban J connectivity index is 2.35. The first kappa shape index (κ1) is 12.8. The summed E-state index contributed by atoms with van der Waals surface area (Å²) in [7, 11) is 3.50. The minimum Gasteiger partial charge on any atom is -0.495 e. The van der Waals surface area contributed by atoms with Crippen molar-refractivity contribution in [1.29, 1.82) is 0 Å². The van der Waals surface area contributed by atoms with Crippen LogP contribution in [0.25, 0.3) is 0 Å². The highest BCUT2D eigenvalue weighted by Crippen LogP contribution is 2.23. The summed E-state index contributed by atoms with van der Waals surface area (Å²) in [5.41, 5.74) is 1.88. The topological polar surface area (TPSA) is 47.0 Å². The summed E-state index contributed by atoms with van der Waals surface area (Å²) in [6.07, 6.45) is 5.10. The molecule has 0 radical (unpaired) electrons. The molecule has 0 saturated carbocycles. The van der Waals surface area contributed by atoms with Gasteiger partial charge >= 0.3 is 0 Å². The van der Waals surface area contributed by atoms with Crippen LogP contribution in [0.1, 0.15) is 17.3 Å². The molecule has 0 aliphatic carbocycles. The van der Waals surface area contributed by atoms with Crippen LogP contribution in [0.4, 0.5) is 0 Å². The van der Waals surface area contributed by atoms with Gasteiger partial charge in [-0.1, -0.05) is 11.6 Å². The van der Waals surface area contributed by atoms with E-state index in [1.165, 1.54) is 0 Å². The molecule has 0 fully saturated rings. The van der Waals surface area contributed by atoms with Crippen LogP contribution in [0.3, 0.4) is 0 Å². The van der Waals surface area contributed by atoms with Crippen molar-refractivity contribution in [2.45, 2.75) is 6.04 Å². The number of rotatable bonds is 4. The summed E-state index contributed by atoms with van der Waals surface area (Å²) in [6, 6.07) is 5.61. The molecule has 0 amide bonds. The highest BCUT2D eigenvalue weighted by Gasteiger charge is 2.14. The maximum atomic E-state index is 5.84. The van der Waals surface area contributed by atoms with Crippen molar-refractivity contribution < 1.29 is 4.74 Å². The average Bonchev–Trinajstić information content (AvgIpc) is 2.42. The molecule has 0 bridgehead atoms. The Bertz CT molecular complexity index is 516. The average molecular weight is 264 g/mol.